The summed E-state index contributed by atoms with van der Waals surface area (Å²) in [4.78, 5) is 0. The molecule has 0 N–H and O–H groups in total. The highest BCUT2D eigenvalue weighted by molar-refractivity contribution is 4.63. The van der Waals surface area contributed by atoms with Gasteiger partial charge in [-0.05, 0) is 19.3 Å². The molecule has 1 heterocycles. The average Bonchev–Trinajstić information content (AvgIpc) is 2.34. The highest BCUT2D eigenvalue weighted by Crippen LogP contribution is 2.14. The molecule has 0 amide bonds. The van der Waals surface area contributed by atoms with Gasteiger partial charge < -0.3 is 9.47 Å². The van der Waals surface area contributed by atoms with Crippen molar-refractivity contribution in [1.29, 1.82) is 0 Å². The fourth-order valence-corrected chi connectivity index (χ4v) is 1.12. The Morgan fingerprint density at radius 2 is 2.56 bits per heavy atom. The van der Waals surface area contributed by atoms with E-state index in [4.69, 9.17) is 9.47 Å². The van der Waals surface area contributed by atoms with E-state index in [1.54, 1.807) is 7.11 Å². The second-order valence-electron chi connectivity index (χ2n) is 2.42. The van der Waals surface area contributed by atoms with Crippen LogP contribution in [0.2, 0.25) is 0 Å². The van der Waals surface area contributed by atoms with E-state index < -0.39 is 0 Å². The highest BCUT2D eigenvalue weighted by Gasteiger charge is 2.13. The third-order valence-corrected chi connectivity index (χ3v) is 1.67. The molecule has 0 radical (unpaired) electrons. The molecule has 0 aromatic rings. The van der Waals surface area contributed by atoms with Crippen LogP contribution in [-0.4, -0.2) is 26.4 Å². The second kappa shape index (κ2) is 3.85. The number of ether oxygens (including phenoxy) is 2. The minimum atomic E-state index is 0.491. The summed E-state index contributed by atoms with van der Waals surface area (Å²) in [7, 11) is 1.73. The SMILES string of the molecule is COCCC1CCCO1. The topological polar surface area (TPSA) is 18.5 Å². The molecule has 0 aromatic heterocycles. The lowest BCUT2D eigenvalue weighted by Gasteiger charge is -2.06. The van der Waals surface area contributed by atoms with Crippen molar-refractivity contribution in [2.45, 2.75) is 25.4 Å². The maximum Gasteiger partial charge on any atom is 0.0597 e. The Morgan fingerprint density at radius 3 is 3.11 bits per heavy atom. The van der Waals surface area contributed by atoms with E-state index in [-0.39, 0.29) is 0 Å². The quantitative estimate of drug-likeness (QED) is 0.571. The van der Waals surface area contributed by atoms with E-state index in [9.17, 15) is 0 Å². The third kappa shape index (κ3) is 2.33. The van der Waals surface area contributed by atoms with Crippen molar-refractivity contribution < 1.29 is 9.47 Å². The Labute approximate surface area is 56.2 Å². The molecule has 2 nitrogen and oxygen atoms in total. The number of hydrogen-bond donors (Lipinski definition) is 0. The maximum absolute atomic E-state index is 5.38. The van der Waals surface area contributed by atoms with Gasteiger partial charge in [0.25, 0.3) is 0 Å². The van der Waals surface area contributed by atoms with Crippen LogP contribution in [0.25, 0.3) is 0 Å². The second-order valence-corrected chi connectivity index (χ2v) is 2.42. The molecule has 1 aliphatic rings. The normalized spacial score (nSPS) is 27.0. The molecule has 54 valence electrons. The van der Waals surface area contributed by atoms with Gasteiger partial charge in [-0.3, -0.25) is 0 Å². The van der Waals surface area contributed by atoms with Crippen LogP contribution in [0.4, 0.5) is 0 Å². The fraction of sp³-hybridized carbons (Fsp3) is 1.00. The Kier molecular flexibility index (Phi) is 3.01. The van der Waals surface area contributed by atoms with Crippen LogP contribution < -0.4 is 0 Å². The first-order valence-corrected chi connectivity index (χ1v) is 3.54. The van der Waals surface area contributed by atoms with E-state index in [1.807, 2.05) is 0 Å². The third-order valence-electron chi connectivity index (χ3n) is 1.67. The molecule has 1 unspecified atom stereocenters. The first-order valence-electron chi connectivity index (χ1n) is 3.54. The van der Waals surface area contributed by atoms with Crippen molar-refractivity contribution in [3.63, 3.8) is 0 Å². The van der Waals surface area contributed by atoms with Gasteiger partial charge in [0.15, 0.2) is 0 Å². The molecule has 9 heavy (non-hydrogen) atoms. The Bertz CT molecular complexity index is 67.3. The molecule has 0 saturated carbocycles. The molecule has 0 aliphatic carbocycles. The summed E-state index contributed by atoms with van der Waals surface area (Å²) in [6, 6.07) is 0. The lowest BCUT2D eigenvalue weighted by molar-refractivity contribution is 0.0752. The van der Waals surface area contributed by atoms with Gasteiger partial charge in [0, 0.05) is 20.3 Å². The van der Waals surface area contributed by atoms with E-state index >= 15 is 0 Å². The fourth-order valence-electron chi connectivity index (χ4n) is 1.12. The standard InChI is InChI=1S/C7H14O2/c1-8-6-4-7-3-2-5-9-7/h7H,2-6H2,1H3. The zero-order valence-electron chi connectivity index (χ0n) is 5.93. The van der Waals surface area contributed by atoms with Crippen molar-refractivity contribution in [2.75, 3.05) is 20.3 Å². The lowest BCUT2D eigenvalue weighted by atomic mass is 10.2. The molecule has 0 bridgehead atoms. The van der Waals surface area contributed by atoms with Crippen LogP contribution in [0.3, 0.4) is 0 Å². The number of methoxy groups -OCH3 is 1. The van der Waals surface area contributed by atoms with Gasteiger partial charge in [0.05, 0.1) is 6.10 Å². The summed E-state index contributed by atoms with van der Waals surface area (Å²) in [5, 5.41) is 0. The van der Waals surface area contributed by atoms with Gasteiger partial charge in [-0.1, -0.05) is 0 Å². The summed E-state index contributed by atoms with van der Waals surface area (Å²) in [6.45, 7) is 1.79. The first kappa shape index (κ1) is 7.03. The van der Waals surface area contributed by atoms with Crippen LogP contribution in [0, 0.1) is 0 Å². The molecule has 0 spiro atoms. The predicted octanol–water partition coefficient (Wildman–Crippen LogP) is 1.20. The summed E-state index contributed by atoms with van der Waals surface area (Å²) < 4.78 is 10.3. The predicted molar refractivity (Wildman–Crippen MR) is 35.5 cm³/mol. The van der Waals surface area contributed by atoms with E-state index in [0.29, 0.717) is 6.10 Å². The van der Waals surface area contributed by atoms with Crippen LogP contribution in [-0.2, 0) is 9.47 Å². The molecule has 0 aromatic carbocycles. The monoisotopic (exact) mass is 130 g/mol. The summed E-state index contributed by atoms with van der Waals surface area (Å²) in [5.74, 6) is 0. The van der Waals surface area contributed by atoms with Crippen LogP contribution in [0.1, 0.15) is 19.3 Å². The van der Waals surface area contributed by atoms with Gasteiger partial charge in [-0.25, -0.2) is 0 Å². The zero-order chi connectivity index (χ0) is 6.53. The van der Waals surface area contributed by atoms with Crippen molar-refractivity contribution in [3.8, 4) is 0 Å². The molecular formula is C7H14O2. The summed E-state index contributed by atoms with van der Waals surface area (Å²) in [5.41, 5.74) is 0. The molecule has 1 aliphatic heterocycles. The molecule has 2 heteroatoms. The Morgan fingerprint density at radius 1 is 1.67 bits per heavy atom. The zero-order valence-corrected chi connectivity index (χ0v) is 5.93. The smallest absolute Gasteiger partial charge is 0.0597 e. The van der Waals surface area contributed by atoms with Crippen molar-refractivity contribution in [3.05, 3.63) is 0 Å². The van der Waals surface area contributed by atoms with Crippen LogP contribution in [0.5, 0.6) is 0 Å². The van der Waals surface area contributed by atoms with Gasteiger partial charge >= 0.3 is 0 Å². The number of hydrogen-bond acceptors (Lipinski definition) is 2. The molecule has 1 atom stereocenters. The van der Waals surface area contributed by atoms with Crippen molar-refractivity contribution >= 4 is 0 Å². The minimum Gasteiger partial charge on any atom is -0.385 e. The first-order chi connectivity index (χ1) is 4.43. The summed E-state index contributed by atoms with van der Waals surface area (Å²) >= 11 is 0. The van der Waals surface area contributed by atoms with Crippen LogP contribution >= 0.6 is 0 Å². The lowest BCUT2D eigenvalue weighted by Crippen LogP contribution is -2.07. The Balaban J connectivity index is 1.98. The highest BCUT2D eigenvalue weighted by atomic mass is 16.5. The van der Waals surface area contributed by atoms with Crippen molar-refractivity contribution in [2.24, 2.45) is 0 Å². The van der Waals surface area contributed by atoms with Gasteiger partial charge in [0.2, 0.25) is 0 Å². The van der Waals surface area contributed by atoms with E-state index in [2.05, 4.69) is 0 Å². The van der Waals surface area contributed by atoms with E-state index in [1.165, 1.54) is 12.8 Å². The molecule has 1 rings (SSSR count). The molecule has 1 fully saturated rings. The molecule has 1 saturated heterocycles. The van der Waals surface area contributed by atoms with Gasteiger partial charge in [-0.2, -0.15) is 0 Å². The van der Waals surface area contributed by atoms with E-state index in [0.717, 1.165) is 19.6 Å². The Hall–Kier alpha value is -0.0800. The minimum absolute atomic E-state index is 0.491. The van der Waals surface area contributed by atoms with Crippen molar-refractivity contribution in [1.82, 2.24) is 0 Å². The summed E-state index contributed by atoms with van der Waals surface area (Å²) in [6.07, 6.45) is 4.01. The molecular weight excluding hydrogens is 116 g/mol. The maximum atomic E-state index is 5.38. The average molecular weight is 130 g/mol. The number of rotatable bonds is 3. The van der Waals surface area contributed by atoms with Gasteiger partial charge in [0.1, 0.15) is 0 Å². The van der Waals surface area contributed by atoms with Crippen LogP contribution in [0.15, 0.2) is 0 Å². The largest absolute Gasteiger partial charge is 0.385 e. The van der Waals surface area contributed by atoms with Gasteiger partial charge in [-0.15, -0.1) is 0 Å².